The SMILES string of the molecule is CNC(C)c1ccc(N2CCC(CO)C2)cc1O. The molecule has 0 bridgehead atoms. The van der Waals surface area contributed by atoms with Gasteiger partial charge in [-0.25, -0.2) is 0 Å². The van der Waals surface area contributed by atoms with Gasteiger partial charge in [0.15, 0.2) is 0 Å². The number of hydrogen-bond acceptors (Lipinski definition) is 4. The monoisotopic (exact) mass is 250 g/mol. The zero-order valence-electron chi connectivity index (χ0n) is 11.1. The highest BCUT2D eigenvalue weighted by atomic mass is 16.3. The molecule has 2 rings (SSSR count). The van der Waals surface area contributed by atoms with Gasteiger partial charge in [0, 0.05) is 49.0 Å². The highest BCUT2D eigenvalue weighted by Gasteiger charge is 2.22. The van der Waals surface area contributed by atoms with Crippen molar-refractivity contribution in [3.8, 4) is 5.75 Å². The number of phenols is 1. The first kappa shape index (κ1) is 13.2. The lowest BCUT2D eigenvalue weighted by molar-refractivity contribution is 0.238. The number of aliphatic hydroxyl groups excluding tert-OH is 1. The van der Waals surface area contributed by atoms with Gasteiger partial charge in [-0.3, -0.25) is 0 Å². The molecule has 100 valence electrons. The Kier molecular flexibility index (Phi) is 4.09. The molecule has 4 heteroatoms. The van der Waals surface area contributed by atoms with Crippen molar-refractivity contribution in [3.05, 3.63) is 23.8 Å². The van der Waals surface area contributed by atoms with E-state index in [2.05, 4.69) is 10.2 Å². The minimum atomic E-state index is 0.141. The van der Waals surface area contributed by atoms with Gasteiger partial charge in [0.25, 0.3) is 0 Å². The summed E-state index contributed by atoms with van der Waals surface area (Å²) in [5.74, 6) is 0.699. The molecular formula is C14H22N2O2. The van der Waals surface area contributed by atoms with Crippen molar-refractivity contribution in [1.82, 2.24) is 5.32 Å². The maximum Gasteiger partial charge on any atom is 0.122 e. The Morgan fingerprint density at radius 2 is 2.28 bits per heavy atom. The molecule has 1 heterocycles. The van der Waals surface area contributed by atoms with E-state index in [1.807, 2.05) is 32.2 Å². The quantitative estimate of drug-likeness (QED) is 0.758. The normalized spacial score (nSPS) is 21.3. The number of rotatable bonds is 4. The van der Waals surface area contributed by atoms with Crippen LogP contribution in [0.4, 0.5) is 5.69 Å². The lowest BCUT2D eigenvalue weighted by atomic mass is 10.1. The fraction of sp³-hybridized carbons (Fsp3) is 0.571. The van der Waals surface area contributed by atoms with Crippen LogP contribution in [0.3, 0.4) is 0 Å². The van der Waals surface area contributed by atoms with Gasteiger partial charge >= 0.3 is 0 Å². The van der Waals surface area contributed by atoms with Crippen molar-refractivity contribution in [3.63, 3.8) is 0 Å². The number of phenolic OH excluding ortho intramolecular Hbond substituents is 1. The van der Waals surface area contributed by atoms with Crippen LogP contribution in [0, 0.1) is 5.92 Å². The largest absolute Gasteiger partial charge is 0.508 e. The van der Waals surface area contributed by atoms with Gasteiger partial charge in [-0.05, 0) is 26.5 Å². The van der Waals surface area contributed by atoms with Gasteiger partial charge in [0.2, 0.25) is 0 Å². The first-order chi connectivity index (χ1) is 8.65. The van der Waals surface area contributed by atoms with Gasteiger partial charge in [0.05, 0.1) is 0 Å². The topological polar surface area (TPSA) is 55.7 Å². The maximum atomic E-state index is 10.1. The summed E-state index contributed by atoms with van der Waals surface area (Å²) in [6.07, 6.45) is 1.02. The summed E-state index contributed by atoms with van der Waals surface area (Å²) >= 11 is 0. The minimum Gasteiger partial charge on any atom is -0.508 e. The molecular weight excluding hydrogens is 228 g/mol. The molecule has 4 nitrogen and oxygen atoms in total. The molecule has 2 atom stereocenters. The van der Waals surface area contributed by atoms with Crippen molar-refractivity contribution in [2.45, 2.75) is 19.4 Å². The molecule has 1 saturated heterocycles. The number of nitrogens with zero attached hydrogens (tertiary/aromatic N) is 1. The summed E-state index contributed by atoms with van der Waals surface area (Å²) in [5, 5.41) is 22.3. The predicted molar refractivity (Wildman–Crippen MR) is 73.0 cm³/mol. The predicted octanol–water partition coefficient (Wildman–Crippen LogP) is 1.49. The van der Waals surface area contributed by atoms with E-state index >= 15 is 0 Å². The van der Waals surface area contributed by atoms with Gasteiger partial charge < -0.3 is 20.4 Å². The molecule has 0 aliphatic carbocycles. The van der Waals surface area contributed by atoms with Gasteiger partial charge in [0.1, 0.15) is 5.75 Å². The Labute approximate surface area is 108 Å². The molecule has 1 aliphatic heterocycles. The fourth-order valence-electron chi connectivity index (χ4n) is 2.47. The Morgan fingerprint density at radius 1 is 1.50 bits per heavy atom. The van der Waals surface area contributed by atoms with E-state index < -0.39 is 0 Å². The van der Waals surface area contributed by atoms with Crippen LogP contribution < -0.4 is 10.2 Å². The molecule has 0 saturated carbocycles. The molecule has 1 aromatic carbocycles. The highest BCUT2D eigenvalue weighted by Crippen LogP contribution is 2.31. The Morgan fingerprint density at radius 3 is 2.83 bits per heavy atom. The van der Waals surface area contributed by atoms with Gasteiger partial charge in [-0.15, -0.1) is 0 Å². The molecule has 1 aliphatic rings. The third-order valence-corrected chi connectivity index (χ3v) is 3.82. The second-order valence-corrected chi connectivity index (χ2v) is 5.04. The van der Waals surface area contributed by atoms with E-state index in [0.29, 0.717) is 11.7 Å². The lowest BCUT2D eigenvalue weighted by Crippen LogP contribution is -2.20. The summed E-state index contributed by atoms with van der Waals surface area (Å²) in [6, 6.07) is 5.98. The summed E-state index contributed by atoms with van der Waals surface area (Å²) in [4.78, 5) is 2.22. The first-order valence-corrected chi connectivity index (χ1v) is 6.51. The number of nitrogens with one attached hydrogen (secondary N) is 1. The summed E-state index contributed by atoms with van der Waals surface area (Å²) in [7, 11) is 1.88. The second-order valence-electron chi connectivity index (χ2n) is 5.04. The second kappa shape index (κ2) is 5.59. The molecule has 0 spiro atoms. The average molecular weight is 250 g/mol. The van der Waals surface area contributed by atoms with Gasteiger partial charge in [-0.1, -0.05) is 6.07 Å². The zero-order valence-corrected chi connectivity index (χ0v) is 11.1. The minimum absolute atomic E-state index is 0.141. The average Bonchev–Trinajstić information content (AvgIpc) is 2.86. The summed E-state index contributed by atoms with van der Waals surface area (Å²) < 4.78 is 0. The molecule has 0 aromatic heterocycles. The Hall–Kier alpha value is -1.26. The van der Waals surface area contributed by atoms with Crippen molar-refractivity contribution in [2.75, 3.05) is 31.6 Å². The summed E-state index contributed by atoms with van der Waals surface area (Å²) in [6.45, 7) is 4.09. The van der Waals surface area contributed by atoms with E-state index in [4.69, 9.17) is 5.11 Å². The van der Waals surface area contributed by atoms with Crippen molar-refractivity contribution in [1.29, 1.82) is 0 Å². The lowest BCUT2D eigenvalue weighted by Gasteiger charge is -2.20. The van der Waals surface area contributed by atoms with Crippen molar-refractivity contribution >= 4 is 5.69 Å². The van der Waals surface area contributed by atoms with Crippen LogP contribution in [0.15, 0.2) is 18.2 Å². The fourth-order valence-corrected chi connectivity index (χ4v) is 2.47. The maximum absolute atomic E-state index is 10.1. The van der Waals surface area contributed by atoms with Crippen molar-refractivity contribution < 1.29 is 10.2 Å². The van der Waals surface area contributed by atoms with Gasteiger partial charge in [-0.2, -0.15) is 0 Å². The van der Waals surface area contributed by atoms with Crippen LogP contribution in [-0.2, 0) is 0 Å². The molecule has 2 unspecified atom stereocenters. The number of aliphatic hydroxyl groups is 1. The molecule has 3 N–H and O–H groups in total. The van der Waals surface area contributed by atoms with Crippen LogP contribution >= 0.6 is 0 Å². The molecule has 1 fully saturated rings. The molecule has 18 heavy (non-hydrogen) atoms. The van der Waals surface area contributed by atoms with E-state index in [-0.39, 0.29) is 12.6 Å². The zero-order chi connectivity index (χ0) is 13.1. The molecule has 0 amide bonds. The Bertz CT molecular complexity index is 409. The van der Waals surface area contributed by atoms with Crippen LogP contribution in [0.25, 0.3) is 0 Å². The summed E-state index contributed by atoms with van der Waals surface area (Å²) in [5.41, 5.74) is 1.95. The third-order valence-electron chi connectivity index (χ3n) is 3.82. The van der Waals surface area contributed by atoms with E-state index in [9.17, 15) is 5.11 Å². The molecule has 1 aromatic rings. The number of aromatic hydroxyl groups is 1. The smallest absolute Gasteiger partial charge is 0.122 e. The molecule has 0 radical (unpaired) electrons. The van der Waals surface area contributed by atoms with Crippen LogP contribution in [0.5, 0.6) is 5.75 Å². The highest BCUT2D eigenvalue weighted by molar-refractivity contribution is 5.54. The van der Waals surface area contributed by atoms with E-state index in [1.54, 1.807) is 0 Å². The standard InChI is InChI=1S/C14H22N2O2/c1-10(15-2)13-4-3-12(7-14(13)18)16-6-5-11(8-16)9-17/h3-4,7,10-11,15,17-18H,5-6,8-9H2,1-2H3. The van der Waals surface area contributed by atoms with Crippen LogP contribution in [0.1, 0.15) is 24.9 Å². The number of benzene rings is 1. The number of anilines is 1. The van der Waals surface area contributed by atoms with Crippen LogP contribution in [-0.4, -0.2) is 37.0 Å². The van der Waals surface area contributed by atoms with E-state index in [0.717, 1.165) is 30.8 Å². The third kappa shape index (κ3) is 2.60. The van der Waals surface area contributed by atoms with Crippen LogP contribution in [0.2, 0.25) is 0 Å². The van der Waals surface area contributed by atoms with Crippen molar-refractivity contribution in [2.24, 2.45) is 5.92 Å². The number of hydrogen-bond donors (Lipinski definition) is 3. The first-order valence-electron chi connectivity index (χ1n) is 6.51. The Balaban J connectivity index is 2.14. The van der Waals surface area contributed by atoms with E-state index in [1.165, 1.54) is 0 Å².